The molecule has 0 saturated heterocycles. The van der Waals surface area contributed by atoms with Gasteiger partial charge in [-0.05, 0) is 90.6 Å². The molecule has 4 rings (SSSR count). The van der Waals surface area contributed by atoms with Crippen molar-refractivity contribution in [2.45, 2.75) is 46.5 Å². The van der Waals surface area contributed by atoms with Crippen LogP contribution in [0.5, 0.6) is 5.75 Å². The first-order valence-corrected chi connectivity index (χ1v) is 9.24. The van der Waals surface area contributed by atoms with Crippen molar-refractivity contribution >= 4 is 5.69 Å². The predicted molar refractivity (Wildman–Crippen MR) is 102 cm³/mol. The standard InChI is InChI=1S/C22H27NO/c1-5-16-14(2)13-20-19(10-11-23(20)4)22(16)18-8-9-21-17(15(18)3)7-6-12-24-21/h8-9,13H,5-7,10-12H2,1-4H3. The van der Waals surface area contributed by atoms with Crippen LogP contribution in [0.3, 0.4) is 0 Å². The van der Waals surface area contributed by atoms with Crippen LogP contribution >= 0.6 is 0 Å². The summed E-state index contributed by atoms with van der Waals surface area (Å²) in [4.78, 5) is 2.40. The highest BCUT2D eigenvalue weighted by molar-refractivity contribution is 5.83. The minimum Gasteiger partial charge on any atom is -0.493 e. The highest BCUT2D eigenvalue weighted by Crippen LogP contribution is 2.43. The maximum absolute atomic E-state index is 5.88. The smallest absolute Gasteiger partial charge is 0.122 e. The molecule has 2 aromatic rings. The Kier molecular flexibility index (Phi) is 3.79. The van der Waals surface area contributed by atoms with E-state index in [1.54, 1.807) is 5.56 Å². The van der Waals surface area contributed by atoms with E-state index in [1.165, 1.54) is 39.1 Å². The van der Waals surface area contributed by atoms with E-state index in [9.17, 15) is 0 Å². The summed E-state index contributed by atoms with van der Waals surface area (Å²) in [7, 11) is 2.22. The van der Waals surface area contributed by atoms with Crippen LogP contribution in [0.2, 0.25) is 0 Å². The molecule has 2 nitrogen and oxygen atoms in total. The summed E-state index contributed by atoms with van der Waals surface area (Å²) in [6.45, 7) is 8.83. The molecule has 0 radical (unpaired) electrons. The van der Waals surface area contributed by atoms with Gasteiger partial charge in [0.25, 0.3) is 0 Å². The van der Waals surface area contributed by atoms with E-state index >= 15 is 0 Å². The lowest BCUT2D eigenvalue weighted by atomic mass is 9.84. The van der Waals surface area contributed by atoms with Gasteiger partial charge >= 0.3 is 0 Å². The zero-order valence-electron chi connectivity index (χ0n) is 15.3. The fourth-order valence-corrected chi connectivity index (χ4v) is 4.54. The molecule has 0 saturated carbocycles. The molecule has 126 valence electrons. The quantitative estimate of drug-likeness (QED) is 0.784. The SMILES string of the molecule is CCc1c(C)cc2c(c1-c1ccc3c(c1C)CCCO3)CCN2C. The number of likely N-dealkylation sites (N-methyl/N-ethyl adjacent to an activating group) is 1. The molecule has 2 heteroatoms. The van der Waals surface area contributed by atoms with Gasteiger partial charge in [-0.15, -0.1) is 0 Å². The van der Waals surface area contributed by atoms with E-state index in [0.29, 0.717) is 0 Å². The molecule has 0 aromatic heterocycles. The molecule has 2 aliphatic rings. The monoisotopic (exact) mass is 321 g/mol. The summed E-state index contributed by atoms with van der Waals surface area (Å²) >= 11 is 0. The highest BCUT2D eigenvalue weighted by atomic mass is 16.5. The van der Waals surface area contributed by atoms with Gasteiger partial charge in [-0.1, -0.05) is 13.0 Å². The van der Waals surface area contributed by atoms with E-state index in [-0.39, 0.29) is 0 Å². The van der Waals surface area contributed by atoms with Crippen LogP contribution in [0, 0.1) is 13.8 Å². The van der Waals surface area contributed by atoms with Crippen molar-refractivity contribution in [3.8, 4) is 16.9 Å². The zero-order valence-corrected chi connectivity index (χ0v) is 15.3. The van der Waals surface area contributed by atoms with Crippen molar-refractivity contribution in [3.05, 3.63) is 46.0 Å². The number of hydrogen-bond donors (Lipinski definition) is 0. The van der Waals surface area contributed by atoms with Crippen molar-refractivity contribution in [1.82, 2.24) is 0 Å². The van der Waals surface area contributed by atoms with Crippen LogP contribution < -0.4 is 9.64 Å². The topological polar surface area (TPSA) is 12.5 Å². The first-order chi connectivity index (χ1) is 11.6. The van der Waals surface area contributed by atoms with Crippen LogP contribution in [0.4, 0.5) is 5.69 Å². The van der Waals surface area contributed by atoms with Gasteiger partial charge in [-0.25, -0.2) is 0 Å². The molecule has 2 heterocycles. The van der Waals surface area contributed by atoms with Crippen molar-refractivity contribution in [1.29, 1.82) is 0 Å². The van der Waals surface area contributed by atoms with Gasteiger partial charge in [0.2, 0.25) is 0 Å². The Morgan fingerprint density at radius 1 is 1.12 bits per heavy atom. The van der Waals surface area contributed by atoms with Crippen LogP contribution in [-0.4, -0.2) is 20.2 Å². The molecule has 0 fully saturated rings. The first kappa shape index (κ1) is 15.6. The number of benzene rings is 2. The summed E-state index contributed by atoms with van der Waals surface area (Å²) in [6, 6.07) is 6.89. The van der Waals surface area contributed by atoms with Gasteiger partial charge in [0, 0.05) is 19.3 Å². The number of hydrogen-bond acceptors (Lipinski definition) is 2. The molecule has 0 atom stereocenters. The Morgan fingerprint density at radius 2 is 1.96 bits per heavy atom. The number of anilines is 1. The van der Waals surface area contributed by atoms with Crippen LogP contribution in [0.15, 0.2) is 18.2 Å². The maximum atomic E-state index is 5.88. The van der Waals surface area contributed by atoms with Gasteiger partial charge < -0.3 is 9.64 Å². The van der Waals surface area contributed by atoms with Crippen LogP contribution in [0.1, 0.15) is 41.2 Å². The second-order valence-corrected chi connectivity index (χ2v) is 7.24. The van der Waals surface area contributed by atoms with Crippen molar-refractivity contribution in [2.75, 3.05) is 25.1 Å². The zero-order chi connectivity index (χ0) is 16.8. The average Bonchev–Trinajstić information content (AvgIpc) is 2.95. The van der Waals surface area contributed by atoms with Gasteiger partial charge in [-0.2, -0.15) is 0 Å². The van der Waals surface area contributed by atoms with E-state index < -0.39 is 0 Å². The Bertz CT molecular complexity index is 806. The summed E-state index contributed by atoms with van der Waals surface area (Å²) in [6.07, 6.45) is 4.52. The molecule has 0 aliphatic carbocycles. The van der Waals surface area contributed by atoms with Gasteiger partial charge in [0.1, 0.15) is 5.75 Å². The molecule has 0 bridgehead atoms. The van der Waals surface area contributed by atoms with Crippen molar-refractivity contribution < 1.29 is 4.74 Å². The normalized spacial score (nSPS) is 15.9. The number of nitrogens with zero attached hydrogens (tertiary/aromatic N) is 1. The van der Waals surface area contributed by atoms with E-state index in [1.807, 2.05) is 0 Å². The van der Waals surface area contributed by atoms with Gasteiger partial charge in [-0.3, -0.25) is 0 Å². The fraction of sp³-hybridized carbons (Fsp3) is 0.455. The lowest BCUT2D eigenvalue weighted by molar-refractivity contribution is 0.288. The Hall–Kier alpha value is -1.96. The van der Waals surface area contributed by atoms with Crippen molar-refractivity contribution in [2.24, 2.45) is 0 Å². The largest absolute Gasteiger partial charge is 0.493 e. The molecule has 0 unspecified atom stereocenters. The molecule has 24 heavy (non-hydrogen) atoms. The lowest BCUT2D eigenvalue weighted by Crippen LogP contribution is -2.12. The summed E-state index contributed by atoms with van der Waals surface area (Å²) in [5.74, 6) is 1.10. The third-order valence-corrected chi connectivity index (χ3v) is 5.86. The Labute approximate surface area is 145 Å². The summed E-state index contributed by atoms with van der Waals surface area (Å²) in [5.41, 5.74) is 11.7. The summed E-state index contributed by atoms with van der Waals surface area (Å²) in [5, 5.41) is 0. The Balaban J connectivity index is 1.99. The van der Waals surface area contributed by atoms with E-state index in [2.05, 4.69) is 50.9 Å². The molecular formula is C22H27NO. The van der Waals surface area contributed by atoms with E-state index in [4.69, 9.17) is 4.74 Å². The van der Waals surface area contributed by atoms with Crippen molar-refractivity contribution in [3.63, 3.8) is 0 Å². The number of rotatable bonds is 2. The third kappa shape index (κ3) is 2.23. The summed E-state index contributed by atoms with van der Waals surface area (Å²) < 4.78 is 5.88. The molecule has 0 amide bonds. The molecule has 0 spiro atoms. The number of ether oxygens (including phenoxy) is 1. The average molecular weight is 321 g/mol. The number of fused-ring (bicyclic) bond motifs is 2. The van der Waals surface area contributed by atoms with Gasteiger partial charge in [0.15, 0.2) is 0 Å². The van der Waals surface area contributed by atoms with Crippen LogP contribution in [0.25, 0.3) is 11.1 Å². The highest BCUT2D eigenvalue weighted by Gasteiger charge is 2.25. The molecular weight excluding hydrogens is 294 g/mol. The molecule has 2 aromatic carbocycles. The second kappa shape index (κ2) is 5.84. The number of aryl methyl sites for hydroxylation is 1. The minimum atomic E-state index is 0.858. The van der Waals surface area contributed by atoms with Crippen LogP contribution in [-0.2, 0) is 19.3 Å². The lowest BCUT2D eigenvalue weighted by Gasteiger charge is -2.24. The second-order valence-electron chi connectivity index (χ2n) is 7.24. The van der Waals surface area contributed by atoms with E-state index in [0.717, 1.165) is 44.6 Å². The predicted octanol–water partition coefficient (Wildman–Crippen LogP) is 4.85. The Morgan fingerprint density at radius 3 is 2.75 bits per heavy atom. The first-order valence-electron chi connectivity index (χ1n) is 9.24. The maximum Gasteiger partial charge on any atom is 0.122 e. The fourth-order valence-electron chi connectivity index (χ4n) is 4.54. The van der Waals surface area contributed by atoms with Gasteiger partial charge in [0.05, 0.1) is 6.61 Å². The molecule has 2 aliphatic heterocycles. The minimum absolute atomic E-state index is 0.858. The molecule has 0 N–H and O–H groups in total. The third-order valence-electron chi connectivity index (χ3n) is 5.86.